The molecule has 2 aromatic heterocycles. The van der Waals surface area contributed by atoms with Gasteiger partial charge in [-0.3, -0.25) is 0 Å². The number of urea groups is 1. The molecular formula is C18H17ClN2O4S. The average molecular weight is 393 g/mol. The summed E-state index contributed by atoms with van der Waals surface area (Å²) < 4.78 is 10.6. The zero-order chi connectivity index (χ0) is 18.6. The molecule has 2 heterocycles. The van der Waals surface area contributed by atoms with Crippen LogP contribution in [0.2, 0.25) is 5.02 Å². The normalized spacial score (nSPS) is 13.0. The van der Waals surface area contributed by atoms with Crippen LogP contribution in [0, 0.1) is 0 Å². The van der Waals surface area contributed by atoms with E-state index in [-0.39, 0.29) is 6.54 Å². The standard InChI is InChI=1S/C18H17ClN2O4S/c1-24-14-7-6-12(19)10-13(14)21-17(22)20-11-18(23,15-4-2-8-25-15)16-5-3-9-26-16/h2-10,23H,11H2,1H3,(H2,20,21,22)/t18-/m0/s1. The molecule has 0 aliphatic rings. The topological polar surface area (TPSA) is 83.7 Å². The summed E-state index contributed by atoms with van der Waals surface area (Å²) in [6.07, 6.45) is 1.48. The van der Waals surface area contributed by atoms with Crippen LogP contribution < -0.4 is 15.4 Å². The number of thiophene rings is 1. The molecule has 0 saturated carbocycles. The van der Waals surface area contributed by atoms with E-state index in [0.29, 0.717) is 27.1 Å². The van der Waals surface area contributed by atoms with Crippen LogP contribution in [-0.2, 0) is 5.60 Å². The Kier molecular flexibility index (Phi) is 5.51. The number of methoxy groups -OCH3 is 1. The Labute approximate surface area is 159 Å². The van der Waals surface area contributed by atoms with Crippen molar-refractivity contribution in [1.29, 1.82) is 0 Å². The predicted octanol–water partition coefficient (Wildman–Crippen LogP) is 4.06. The summed E-state index contributed by atoms with van der Waals surface area (Å²) in [6.45, 7) is -0.0737. The number of nitrogens with one attached hydrogen (secondary N) is 2. The van der Waals surface area contributed by atoms with Gasteiger partial charge in [0.15, 0.2) is 5.60 Å². The number of benzene rings is 1. The van der Waals surface area contributed by atoms with Gasteiger partial charge in [0.05, 0.1) is 25.6 Å². The summed E-state index contributed by atoms with van der Waals surface area (Å²) in [7, 11) is 1.50. The van der Waals surface area contributed by atoms with Gasteiger partial charge in [-0.1, -0.05) is 17.7 Å². The van der Waals surface area contributed by atoms with E-state index in [2.05, 4.69) is 10.6 Å². The number of carbonyl (C=O) groups excluding carboxylic acids is 1. The number of furan rings is 1. The molecule has 1 atom stereocenters. The molecule has 3 rings (SSSR count). The van der Waals surface area contributed by atoms with E-state index >= 15 is 0 Å². The molecule has 0 fully saturated rings. The van der Waals surface area contributed by atoms with Crippen LogP contribution in [0.5, 0.6) is 5.75 Å². The van der Waals surface area contributed by atoms with Gasteiger partial charge in [0.2, 0.25) is 0 Å². The number of anilines is 1. The molecule has 136 valence electrons. The molecule has 6 nitrogen and oxygen atoms in total. The van der Waals surface area contributed by atoms with Gasteiger partial charge in [0.25, 0.3) is 0 Å². The molecule has 8 heteroatoms. The van der Waals surface area contributed by atoms with Gasteiger partial charge in [0, 0.05) is 9.90 Å². The molecule has 0 saturated heterocycles. The second-order valence-electron chi connectivity index (χ2n) is 5.47. The van der Waals surface area contributed by atoms with Gasteiger partial charge >= 0.3 is 6.03 Å². The Morgan fingerprint density at radius 1 is 1.35 bits per heavy atom. The van der Waals surface area contributed by atoms with Crippen molar-refractivity contribution in [2.75, 3.05) is 19.0 Å². The van der Waals surface area contributed by atoms with Gasteiger partial charge in [0.1, 0.15) is 11.5 Å². The number of amides is 2. The third-order valence-corrected chi connectivity index (χ3v) is 5.03. The molecule has 0 radical (unpaired) electrons. The van der Waals surface area contributed by atoms with E-state index in [1.807, 2.05) is 11.4 Å². The summed E-state index contributed by atoms with van der Waals surface area (Å²) in [5, 5.41) is 18.8. The second kappa shape index (κ2) is 7.82. The summed E-state index contributed by atoms with van der Waals surface area (Å²) in [5.41, 5.74) is -1.04. The van der Waals surface area contributed by atoms with Crippen LogP contribution in [0.1, 0.15) is 10.6 Å². The van der Waals surface area contributed by atoms with Crippen molar-refractivity contribution in [2.24, 2.45) is 0 Å². The van der Waals surface area contributed by atoms with Crippen LogP contribution in [0.25, 0.3) is 0 Å². The molecule has 0 unspecified atom stereocenters. The van der Waals surface area contributed by atoms with E-state index in [0.717, 1.165) is 0 Å². The molecule has 0 aliphatic carbocycles. The summed E-state index contributed by atoms with van der Waals surface area (Å²) in [6, 6.07) is 11.4. The van der Waals surface area contributed by atoms with E-state index in [1.165, 1.54) is 24.7 Å². The number of rotatable bonds is 6. The Morgan fingerprint density at radius 2 is 2.19 bits per heavy atom. The van der Waals surface area contributed by atoms with Gasteiger partial charge in [-0.25, -0.2) is 4.79 Å². The summed E-state index contributed by atoms with van der Waals surface area (Å²) >= 11 is 7.34. The molecule has 0 aliphatic heterocycles. The number of halogens is 1. The summed E-state index contributed by atoms with van der Waals surface area (Å²) in [4.78, 5) is 13.0. The largest absolute Gasteiger partial charge is 0.495 e. The SMILES string of the molecule is COc1ccc(Cl)cc1NC(=O)NC[C@](O)(c1ccco1)c1cccs1. The van der Waals surface area contributed by atoms with Crippen molar-refractivity contribution >= 4 is 34.7 Å². The molecule has 2 amide bonds. The highest BCUT2D eigenvalue weighted by atomic mass is 35.5. The van der Waals surface area contributed by atoms with Crippen molar-refractivity contribution in [3.05, 3.63) is 69.8 Å². The van der Waals surface area contributed by atoms with Crippen molar-refractivity contribution < 1.29 is 19.1 Å². The Bertz CT molecular complexity index is 831. The van der Waals surface area contributed by atoms with Crippen LogP contribution in [-0.4, -0.2) is 24.8 Å². The summed E-state index contributed by atoms with van der Waals surface area (Å²) in [5.74, 6) is 0.824. The fourth-order valence-electron chi connectivity index (χ4n) is 2.48. The second-order valence-corrected chi connectivity index (χ2v) is 6.85. The highest BCUT2D eigenvalue weighted by Crippen LogP contribution is 2.33. The van der Waals surface area contributed by atoms with Gasteiger partial charge in [-0.15, -0.1) is 11.3 Å². The van der Waals surface area contributed by atoms with Crippen LogP contribution in [0.4, 0.5) is 10.5 Å². The van der Waals surface area contributed by atoms with Crippen molar-refractivity contribution in [3.63, 3.8) is 0 Å². The smallest absolute Gasteiger partial charge is 0.319 e. The maximum atomic E-state index is 12.3. The number of hydrogen-bond donors (Lipinski definition) is 3. The lowest BCUT2D eigenvalue weighted by atomic mass is 9.99. The van der Waals surface area contributed by atoms with Crippen molar-refractivity contribution in [3.8, 4) is 5.75 Å². The van der Waals surface area contributed by atoms with Gasteiger partial charge in [-0.05, 0) is 41.8 Å². The minimum atomic E-state index is -1.46. The maximum Gasteiger partial charge on any atom is 0.319 e. The first-order chi connectivity index (χ1) is 12.5. The zero-order valence-electron chi connectivity index (χ0n) is 13.9. The maximum absolute atomic E-state index is 12.3. The lowest BCUT2D eigenvalue weighted by molar-refractivity contribution is 0.0628. The quantitative estimate of drug-likeness (QED) is 0.590. The molecule has 0 bridgehead atoms. The first kappa shape index (κ1) is 18.3. The van der Waals surface area contributed by atoms with Crippen molar-refractivity contribution in [1.82, 2.24) is 5.32 Å². The average Bonchev–Trinajstić information content (AvgIpc) is 3.33. The first-order valence-corrected chi connectivity index (χ1v) is 8.97. The third-order valence-electron chi connectivity index (χ3n) is 3.77. The number of carbonyl (C=O) groups is 1. The predicted molar refractivity (Wildman–Crippen MR) is 101 cm³/mol. The monoisotopic (exact) mass is 392 g/mol. The number of ether oxygens (including phenoxy) is 1. The highest BCUT2D eigenvalue weighted by molar-refractivity contribution is 7.10. The van der Waals surface area contributed by atoms with E-state index in [4.69, 9.17) is 20.8 Å². The van der Waals surface area contributed by atoms with Crippen LogP contribution in [0.3, 0.4) is 0 Å². The Morgan fingerprint density at radius 3 is 2.85 bits per heavy atom. The lowest BCUT2D eigenvalue weighted by Gasteiger charge is -2.25. The first-order valence-electron chi connectivity index (χ1n) is 7.71. The van der Waals surface area contributed by atoms with Crippen LogP contribution in [0.15, 0.2) is 58.5 Å². The Balaban J connectivity index is 1.74. The van der Waals surface area contributed by atoms with Crippen LogP contribution >= 0.6 is 22.9 Å². The lowest BCUT2D eigenvalue weighted by Crippen LogP contribution is -2.42. The molecular weight excluding hydrogens is 376 g/mol. The fourth-order valence-corrected chi connectivity index (χ4v) is 3.48. The van der Waals surface area contributed by atoms with E-state index < -0.39 is 11.6 Å². The van der Waals surface area contributed by atoms with E-state index in [9.17, 15) is 9.90 Å². The molecule has 3 N–H and O–H groups in total. The molecule has 26 heavy (non-hydrogen) atoms. The number of aliphatic hydroxyl groups is 1. The molecule has 3 aromatic rings. The molecule has 1 aromatic carbocycles. The minimum Gasteiger partial charge on any atom is -0.495 e. The van der Waals surface area contributed by atoms with Gasteiger partial charge in [-0.2, -0.15) is 0 Å². The van der Waals surface area contributed by atoms with E-state index in [1.54, 1.807) is 36.4 Å². The fraction of sp³-hybridized carbons (Fsp3) is 0.167. The highest BCUT2D eigenvalue weighted by Gasteiger charge is 2.36. The van der Waals surface area contributed by atoms with Crippen molar-refractivity contribution in [2.45, 2.75) is 5.60 Å². The van der Waals surface area contributed by atoms with Gasteiger partial charge < -0.3 is 24.9 Å². The third kappa shape index (κ3) is 3.85. The molecule has 0 spiro atoms. The Hall–Kier alpha value is -2.48. The zero-order valence-corrected chi connectivity index (χ0v) is 15.4. The minimum absolute atomic E-state index is 0.0737. The number of hydrogen-bond acceptors (Lipinski definition) is 5.